The molecule has 12 aromatic rings. The SMILES string of the molecule is Cc1cc2c3cccc4cccc(c5ccc6c(c1-c1cc7c(-c8ccccc8)c8c9ccccc9c9ccccc9c8c(-c8ccccc8)c7cc1-6)c52)c43. The molecular weight excluding hydrogens is 661 g/mol. The largest absolute Gasteiger partial charge is 0.0622 e. The van der Waals surface area contributed by atoms with Crippen LogP contribution in [0.3, 0.4) is 0 Å². The van der Waals surface area contributed by atoms with Gasteiger partial charge in [0, 0.05) is 0 Å². The van der Waals surface area contributed by atoms with Gasteiger partial charge in [-0.25, -0.2) is 0 Å². The van der Waals surface area contributed by atoms with E-state index in [9.17, 15) is 0 Å². The summed E-state index contributed by atoms with van der Waals surface area (Å²) in [6.07, 6.45) is 0. The normalized spacial score (nSPS) is 12.5. The topological polar surface area (TPSA) is 0 Å². The van der Waals surface area contributed by atoms with Gasteiger partial charge in [-0.15, -0.1) is 0 Å². The lowest BCUT2D eigenvalue weighted by molar-refractivity contribution is 1.53. The van der Waals surface area contributed by atoms with E-state index in [2.05, 4.69) is 183 Å². The van der Waals surface area contributed by atoms with E-state index >= 15 is 0 Å². The van der Waals surface area contributed by atoms with Gasteiger partial charge in [-0.1, -0.05) is 164 Å². The summed E-state index contributed by atoms with van der Waals surface area (Å²) in [5, 5.41) is 21.2. The number of benzene rings is 12. The van der Waals surface area contributed by atoms with E-state index in [4.69, 9.17) is 0 Å². The number of hydrogen-bond donors (Lipinski definition) is 0. The van der Waals surface area contributed by atoms with E-state index in [1.54, 1.807) is 0 Å². The second-order valence-corrected chi connectivity index (χ2v) is 15.5. The predicted octanol–water partition coefficient (Wildman–Crippen LogP) is 15.6. The smallest absolute Gasteiger partial charge is 0.000763 e. The van der Waals surface area contributed by atoms with Crippen molar-refractivity contribution in [1.29, 1.82) is 0 Å². The Balaban J connectivity index is 1.29. The summed E-state index contributed by atoms with van der Waals surface area (Å²) >= 11 is 0. The Hall–Kier alpha value is -7.02. The van der Waals surface area contributed by atoms with Crippen LogP contribution in [0.5, 0.6) is 0 Å². The third-order valence-electron chi connectivity index (χ3n) is 12.8. The van der Waals surface area contributed by atoms with Gasteiger partial charge < -0.3 is 0 Å². The maximum absolute atomic E-state index is 2.56. The van der Waals surface area contributed by atoms with Gasteiger partial charge in [0.25, 0.3) is 0 Å². The minimum Gasteiger partial charge on any atom is -0.0622 e. The molecular formula is C55H32. The zero-order chi connectivity index (χ0) is 35.9. The Labute approximate surface area is 317 Å². The molecule has 0 unspecified atom stereocenters. The molecule has 0 amide bonds. The Morgan fingerprint density at radius 2 is 0.727 bits per heavy atom. The zero-order valence-corrected chi connectivity index (χ0v) is 30.2. The van der Waals surface area contributed by atoms with E-state index in [1.165, 1.54) is 136 Å². The highest BCUT2D eigenvalue weighted by Crippen LogP contribution is 2.57. The molecule has 0 atom stereocenters. The first-order valence-electron chi connectivity index (χ1n) is 19.4. The van der Waals surface area contributed by atoms with Crippen LogP contribution >= 0.6 is 0 Å². The third-order valence-corrected chi connectivity index (χ3v) is 12.8. The maximum Gasteiger partial charge on any atom is -0.000763 e. The van der Waals surface area contributed by atoms with Gasteiger partial charge in [0.2, 0.25) is 0 Å². The summed E-state index contributed by atoms with van der Waals surface area (Å²) in [5.74, 6) is 0. The van der Waals surface area contributed by atoms with E-state index in [-0.39, 0.29) is 0 Å². The highest BCUT2D eigenvalue weighted by Gasteiger charge is 2.30. The van der Waals surface area contributed by atoms with Crippen molar-refractivity contribution in [3.63, 3.8) is 0 Å². The highest BCUT2D eigenvalue weighted by molar-refractivity contribution is 6.40. The van der Waals surface area contributed by atoms with Crippen LogP contribution in [0.15, 0.2) is 176 Å². The fourth-order valence-electron chi connectivity index (χ4n) is 10.7. The van der Waals surface area contributed by atoms with Crippen molar-refractivity contribution < 1.29 is 0 Å². The monoisotopic (exact) mass is 692 g/mol. The van der Waals surface area contributed by atoms with E-state index in [0.29, 0.717) is 0 Å². The standard InChI is InChI=1S/C55H32/c1-31-28-44-40-25-13-19-32-18-12-24-39(49(32)40)41-26-27-42-43-29-46-47(30-45(43)48(31)53(42)52(41)44)51(34-16-6-3-7-17-34)55-38-23-11-9-21-36(38)35-20-8-10-22-37(35)54(55)50(46)33-14-4-2-5-15-33/h2-30H,1H3. The average molecular weight is 693 g/mol. The average Bonchev–Trinajstić information content (AvgIpc) is 3.58. The molecule has 12 aromatic carbocycles. The summed E-state index contributed by atoms with van der Waals surface area (Å²) in [7, 11) is 0. The lowest BCUT2D eigenvalue weighted by Gasteiger charge is -2.22. The number of rotatable bonds is 2. The molecule has 0 nitrogen and oxygen atoms in total. The number of fused-ring (bicyclic) bond motifs is 12. The Morgan fingerprint density at radius 1 is 0.255 bits per heavy atom. The van der Waals surface area contributed by atoms with Crippen LogP contribution in [0, 0.1) is 6.92 Å². The van der Waals surface area contributed by atoms with Crippen LogP contribution in [0.25, 0.3) is 131 Å². The highest BCUT2D eigenvalue weighted by atomic mass is 14.3. The summed E-state index contributed by atoms with van der Waals surface area (Å²) in [6.45, 7) is 2.33. The lowest BCUT2D eigenvalue weighted by Crippen LogP contribution is -1.95. The zero-order valence-electron chi connectivity index (χ0n) is 30.2. The van der Waals surface area contributed by atoms with Crippen molar-refractivity contribution >= 4 is 86.2 Å². The molecule has 1 aliphatic carbocycles. The second-order valence-electron chi connectivity index (χ2n) is 15.5. The van der Waals surface area contributed by atoms with E-state index in [0.717, 1.165) is 0 Å². The van der Waals surface area contributed by atoms with Crippen LogP contribution in [0.2, 0.25) is 0 Å². The molecule has 0 spiro atoms. The molecule has 0 radical (unpaired) electrons. The fraction of sp³-hybridized carbons (Fsp3) is 0.0182. The molecule has 0 heteroatoms. The number of aryl methyl sites for hydroxylation is 1. The fourth-order valence-corrected chi connectivity index (χ4v) is 10.7. The summed E-state index contributed by atoms with van der Waals surface area (Å²) in [5.41, 5.74) is 11.8. The lowest BCUT2D eigenvalue weighted by atomic mass is 9.80. The molecule has 0 aliphatic heterocycles. The molecule has 0 saturated heterocycles. The van der Waals surface area contributed by atoms with Crippen molar-refractivity contribution in [2.45, 2.75) is 6.92 Å². The van der Waals surface area contributed by atoms with Gasteiger partial charge >= 0.3 is 0 Å². The molecule has 55 heavy (non-hydrogen) atoms. The maximum atomic E-state index is 2.56. The molecule has 252 valence electrons. The molecule has 0 saturated carbocycles. The van der Waals surface area contributed by atoms with Gasteiger partial charge in [0.15, 0.2) is 0 Å². The molecule has 0 N–H and O–H groups in total. The van der Waals surface area contributed by atoms with Gasteiger partial charge in [-0.2, -0.15) is 0 Å². The summed E-state index contributed by atoms with van der Waals surface area (Å²) < 4.78 is 0. The first-order chi connectivity index (χ1) is 27.2. The van der Waals surface area contributed by atoms with E-state index < -0.39 is 0 Å². The van der Waals surface area contributed by atoms with Crippen LogP contribution in [-0.2, 0) is 0 Å². The van der Waals surface area contributed by atoms with Crippen molar-refractivity contribution in [3.8, 4) is 44.5 Å². The first-order valence-corrected chi connectivity index (χ1v) is 19.4. The Kier molecular flexibility index (Phi) is 5.65. The van der Waals surface area contributed by atoms with Crippen molar-refractivity contribution in [1.82, 2.24) is 0 Å². The van der Waals surface area contributed by atoms with Crippen LogP contribution in [-0.4, -0.2) is 0 Å². The Morgan fingerprint density at radius 3 is 1.33 bits per heavy atom. The summed E-state index contributed by atoms with van der Waals surface area (Å²) in [6, 6.07) is 66.3. The minimum absolute atomic E-state index is 1.24. The van der Waals surface area contributed by atoms with Gasteiger partial charge in [0.1, 0.15) is 0 Å². The molecule has 13 rings (SSSR count). The van der Waals surface area contributed by atoms with Crippen molar-refractivity contribution in [3.05, 3.63) is 181 Å². The van der Waals surface area contributed by atoms with Crippen LogP contribution < -0.4 is 0 Å². The molecule has 0 bridgehead atoms. The van der Waals surface area contributed by atoms with Crippen molar-refractivity contribution in [2.75, 3.05) is 0 Å². The van der Waals surface area contributed by atoms with Gasteiger partial charge in [-0.05, 0) is 155 Å². The Bertz CT molecular complexity index is 3620. The van der Waals surface area contributed by atoms with Crippen molar-refractivity contribution in [2.24, 2.45) is 0 Å². The van der Waals surface area contributed by atoms with Crippen LogP contribution in [0.1, 0.15) is 5.56 Å². The number of hydrogen-bond acceptors (Lipinski definition) is 0. The first kappa shape index (κ1) is 29.4. The van der Waals surface area contributed by atoms with Crippen LogP contribution in [0.4, 0.5) is 0 Å². The third kappa shape index (κ3) is 3.71. The van der Waals surface area contributed by atoms with Gasteiger partial charge in [0.05, 0.1) is 0 Å². The molecule has 0 fully saturated rings. The molecule has 0 aromatic heterocycles. The molecule has 1 aliphatic rings. The summed E-state index contributed by atoms with van der Waals surface area (Å²) in [4.78, 5) is 0. The van der Waals surface area contributed by atoms with E-state index in [1.807, 2.05) is 0 Å². The predicted molar refractivity (Wildman–Crippen MR) is 238 cm³/mol. The molecule has 0 heterocycles. The van der Waals surface area contributed by atoms with Gasteiger partial charge in [-0.3, -0.25) is 0 Å². The quantitative estimate of drug-likeness (QED) is 0.125. The second kappa shape index (κ2) is 10.6. The minimum atomic E-state index is 1.24.